The highest BCUT2D eigenvalue weighted by atomic mass is 16.3. The summed E-state index contributed by atoms with van der Waals surface area (Å²) in [6, 6.07) is 0. The van der Waals surface area contributed by atoms with Crippen molar-refractivity contribution in [3.8, 4) is 0 Å². The van der Waals surface area contributed by atoms with E-state index in [1.807, 2.05) is 0 Å². The molecule has 0 amide bonds. The van der Waals surface area contributed by atoms with Gasteiger partial charge < -0.3 is 5.11 Å². The first-order valence-corrected chi connectivity index (χ1v) is 2.45. The fraction of sp³-hybridized carbons (Fsp3) is 1.00. The van der Waals surface area contributed by atoms with Crippen LogP contribution in [0.3, 0.4) is 0 Å². The van der Waals surface area contributed by atoms with Gasteiger partial charge in [-0.1, -0.05) is 6.92 Å². The first-order chi connectivity index (χ1) is 2.84. The monoisotopic (exact) mass is 86.1 g/mol. The molecule has 1 nitrogen and oxygen atoms in total. The smallest absolute Gasteiger partial charge is 0.0461 e. The number of hydrogen-bond acceptors (Lipinski definition) is 1. The first kappa shape index (κ1) is 4.13. The molecular weight excluding hydrogens is 76.1 g/mol. The topological polar surface area (TPSA) is 20.2 Å². The molecule has 1 saturated carbocycles. The van der Waals surface area contributed by atoms with Crippen LogP contribution in [0.5, 0.6) is 0 Å². The molecule has 0 aliphatic heterocycles. The van der Waals surface area contributed by atoms with E-state index in [0.717, 1.165) is 5.92 Å². The predicted molar refractivity (Wildman–Crippen MR) is 24.4 cm³/mol. The van der Waals surface area contributed by atoms with Crippen molar-refractivity contribution in [2.45, 2.75) is 13.3 Å². The Balaban J connectivity index is 2.09. The van der Waals surface area contributed by atoms with E-state index in [-0.39, 0.29) is 0 Å². The standard InChI is InChI=1S/C5H10O/c1-4-2-5(4)3-6/h4-6H,2-3H2,1H3/t4-,5+/m0/s1. The average molecular weight is 86.1 g/mol. The van der Waals surface area contributed by atoms with E-state index in [2.05, 4.69) is 6.92 Å². The second-order valence-corrected chi connectivity index (χ2v) is 2.16. The van der Waals surface area contributed by atoms with Crippen molar-refractivity contribution in [2.24, 2.45) is 11.8 Å². The summed E-state index contributed by atoms with van der Waals surface area (Å²) in [5, 5.41) is 8.38. The summed E-state index contributed by atoms with van der Waals surface area (Å²) in [4.78, 5) is 0. The molecule has 1 heteroatoms. The fourth-order valence-electron chi connectivity index (χ4n) is 0.653. The molecule has 0 unspecified atom stereocenters. The van der Waals surface area contributed by atoms with Gasteiger partial charge in [0, 0.05) is 6.61 Å². The second-order valence-electron chi connectivity index (χ2n) is 2.16. The molecule has 0 heterocycles. The van der Waals surface area contributed by atoms with Crippen LogP contribution < -0.4 is 0 Å². The van der Waals surface area contributed by atoms with Gasteiger partial charge in [-0.15, -0.1) is 0 Å². The maximum atomic E-state index is 8.38. The lowest BCUT2D eigenvalue weighted by molar-refractivity contribution is 0.270. The molecule has 36 valence electrons. The zero-order valence-electron chi connectivity index (χ0n) is 4.02. The third-order valence-electron chi connectivity index (χ3n) is 1.51. The van der Waals surface area contributed by atoms with Crippen molar-refractivity contribution in [1.29, 1.82) is 0 Å². The Morgan fingerprint density at radius 1 is 1.83 bits per heavy atom. The Labute approximate surface area is 38.0 Å². The minimum absolute atomic E-state index is 0.404. The average Bonchev–Trinajstić information content (AvgIpc) is 2.19. The molecule has 1 aliphatic rings. The summed E-state index contributed by atoms with van der Waals surface area (Å²) in [5.74, 6) is 1.47. The summed E-state index contributed by atoms with van der Waals surface area (Å²) < 4.78 is 0. The van der Waals surface area contributed by atoms with Crippen LogP contribution >= 0.6 is 0 Å². The molecule has 2 atom stereocenters. The van der Waals surface area contributed by atoms with Gasteiger partial charge >= 0.3 is 0 Å². The van der Waals surface area contributed by atoms with Crippen LogP contribution in [0.25, 0.3) is 0 Å². The van der Waals surface area contributed by atoms with E-state index in [4.69, 9.17) is 5.11 Å². The lowest BCUT2D eigenvalue weighted by Crippen LogP contribution is -1.83. The van der Waals surface area contributed by atoms with Gasteiger partial charge in [0.15, 0.2) is 0 Å². The maximum absolute atomic E-state index is 8.38. The summed E-state index contributed by atoms with van der Waals surface area (Å²) >= 11 is 0. The van der Waals surface area contributed by atoms with Gasteiger partial charge in [0.25, 0.3) is 0 Å². The van der Waals surface area contributed by atoms with E-state index in [1.165, 1.54) is 6.42 Å². The minimum atomic E-state index is 0.404. The van der Waals surface area contributed by atoms with E-state index in [9.17, 15) is 0 Å². The SMILES string of the molecule is C[C@H]1C[C@@H]1CO. The van der Waals surface area contributed by atoms with Crippen LogP contribution in [0.2, 0.25) is 0 Å². The molecule has 6 heavy (non-hydrogen) atoms. The number of rotatable bonds is 1. The molecule has 0 spiro atoms. The Kier molecular flexibility index (Phi) is 0.845. The van der Waals surface area contributed by atoms with Gasteiger partial charge in [0.1, 0.15) is 0 Å². The number of aliphatic hydroxyl groups excluding tert-OH is 1. The van der Waals surface area contributed by atoms with Crippen molar-refractivity contribution < 1.29 is 5.11 Å². The van der Waals surface area contributed by atoms with Crippen molar-refractivity contribution in [3.63, 3.8) is 0 Å². The Morgan fingerprint density at radius 2 is 2.33 bits per heavy atom. The van der Waals surface area contributed by atoms with Crippen LogP contribution in [-0.4, -0.2) is 11.7 Å². The first-order valence-electron chi connectivity index (χ1n) is 2.45. The van der Waals surface area contributed by atoms with Gasteiger partial charge in [0.2, 0.25) is 0 Å². The van der Waals surface area contributed by atoms with Crippen LogP contribution in [0.1, 0.15) is 13.3 Å². The number of aliphatic hydroxyl groups is 1. The number of hydrogen-bond donors (Lipinski definition) is 1. The zero-order chi connectivity index (χ0) is 4.57. The van der Waals surface area contributed by atoms with Crippen LogP contribution in [-0.2, 0) is 0 Å². The highest BCUT2D eigenvalue weighted by Crippen LogP contribution is 2.36. The van der Waals surface area contributed by atoms with Crippen molar-refractivity contribution in [3.05, 3.63) is 0 Å². The van der Waals surface area contributed by atoms with Crippen molar-refractivity contribution in [1.82, 2.24) is 0 Å². The van der Waals surface area contributed by atoms with Crippen LogP contribution in [0, 0.1) is 11.8 Å². The normalized spacial score (nSPS) is 43.0. The van der Waals surface area contributed by atoms with E-state index < -0.39 is 0 Å². The second kappa shape index (κ2) is 1.23. The highest BCUT2D eigenvalue weighted by Gasteiger charge is 2.30. The molecule has 1 fully saturated rings. The molecule has 0 aromatic carbocycles. The highest BCUT2D eigenvalue weighted by molar-refractivity contribution is 4.80. The summed E-state index contributed by atoms with van der Waals surface area (Å²) in [7, 11) is 0. The predicted octanol–water partition coefficient (Wildman–Crippen LogP) is 0.635. The van der Waals surface area contributed by atoms with Gasteiger partial charge in [0.05, 0.1) is 0 Å². The molecule has 0 radical (unpaired) electrons. The molecule has 0 bridgehead atoms. The van der Waals surface area contributed by atoms with E-state index in [0.29, 0.717) is 12.5 Å². The molecule has 0 saturated heterocycles. The summed E-state index contributed by atoms with van der Waals surface area (Å²) in [6.45, 7) is 2.57. The fourth-order valence-corrected chi connectivity index (χ4v) is 0.653. The summed E-state index contributed by atoms with van der Waals surface area (Å²) in [6.07, 6.45) is 1.25. The molecular formula is C5H10O. The lowest BCUT2D eigenvalue weighted by Gasteiger charge is -1.79. The van der Waals surface area contributed by atoms with Gasteiger partial charge in [-0.25, -0.2) is 0 Å². The molecule has 0 aromatic heterocycles. The quantitative estimate of drug-likeness (QED) is 0.496. The van der Waals surface area contributed by atoms with Crippen LogP contribution in [0.4, 0.5) is 0 Å². The molecule has 0 aromatic rings. The maximum Gasteiger partial charge on any atom is 0.0461 e. The Hall–Kier alpha value is -0.0400. The molecule has 1 rings (SSSR count). The van der Waals surface area contributed by atoms with Crippen LogP contribution in [0.15, 0.2) is 0 Å². The van der Waals surface area contributed by atoms with Gasteiger partial charge in [-0.3, -0.25) is 0 Å². The van der Waals surface area contributed by atoms with E-state index >= 15 is 0 Å². The Morgan fingerprint density at radius 3 is 2.33 bits per heavy atom. The Bertz CT molecular complexity index is 49.9. The zero-order valence-corrected chi connectivity index (χ0v) is 4.02. The van der Waals surface area contributed by atoms with Gasteiger partial charge in [-0.05, 0) is 18.3 Å². The largest absolute Gasteiger partial charge is 0.396 e. The third-order valence-corrected chi connectivity index (χ3v) is 1.51. The van der Waals surface area contributed by atoms with E-state index in [1.54, 1.807) is 0 Å². The van der Waals surface area contributed by atoms with Crippen molar-refractivity contribution >= 4 is 0 Å². The summed E-state index contributed by atoms with van der Waals surface area (Å²) in [5.41, 5.74) is 0. The molecule has 1 aliphatic carbocycles. The molecule has 1 N–H and O–H groups in total. The lowest BCUT2D eigenvalue weighted by atomic mass is 10.4. The van der Waals surface area contributed by atoms with Crippen molar-refractivity contribution in [2.75, 3.05) is 6.61 Å². The van der Waals surface area contributed by atoms with Gasteiger partial charge in [-0.2, -0.15) is 0 Å². The third kappa shape index (κ3) is 0.548. The minimum Gasteiger partial charge on any atom is -0.396 e.